The third-order valence-corrected chi connectivity index (χ3v) is 7.90. The first-order chi connectivity index (χ1) is 20.8. The molecule has 2 heterocycles. The molecule has 1 aliphatic rings. The molecule has 1 fully saturated rings. The van der Waals surface area contributed by atoms with Gasteiger partial charge in [-0.15, -0.1) is 0 Å². The number of likely N-dealkylation sites (tertiary alicyclic amines) is 1. The summed E-state index contributed by atoms with van der Waals surface area (Å²) < 4.78 is 0. The molecule has 0 saturated carbocycles. The van der Waals surface area contributed by atoms with Crippen molar-refractivity contribution in [2.24, 2.45) is 11.7 Å². The molecule has 0 aliphatic carbocycles. The van der Waals surface area contributed by atoms with Crippen molar-refractivity contribution in [2.75, 3.05) is 18.8 Å². The number of benzene rings is 1. The van der Waals surface area contributed by atoms with Crippen LogP contribution in [-0.2, 0) is 35.2 Å². The number of hydrogen-bond donors (Lipinski definition) is 8. The summed E-state index contributed by atoms with van der Waals surface area (Å²) in [6, 6.07) is 2.47. The van der Waals surface area contributed by atoms with Crippen LogP contribution in [0.1, 0.15) is 39.2 Å². The van der Waals surface area contributed by atoms with Crippen LogP contribution >= 0.6 is 12.6 Å². The maximum Gasteiger partial charge on any atom is 0.326 e. The average molecular weight is 632 g/mol. The smallest absolute Gasteiger partial charge is 0.326 e. The Kier molecular flexibility index (Phi) is 12.2. The van der Waals surface area contributed by atoms with Gasteiger partial charge in [-0.3, -0.25) is 24.0 Å². The second-order valence-corrected chi connectivity index (χ2v) is 11.5. The van der Waals surface area contributed by atoms with Crippen molar-refractivity contribution >= 4 is 59.0 Å². The lowest BCUT2D eigenvalue weighted by Crippen LogP contribution is -2.58. The van der Waals surface area contributed by atoms with Crippen molar-refractivity contribution in [3.8, 4) is 0 Å². The first kappa shape index (κ1) is 34.4. The maximum absolute atomic E-state index is 13.2. The highest BCUT2D eigenvalue weighted by Gasteiger charge is 2.37. The summed E-state index contributed by atoms with van der Waals surface area (Å²) in [4.78, 5) is 80.2. The summed E-state index contributed by atoms with van der Waals surface area (Å²) in [5.74, 6) is -4.29. The molecule has 0 radical (unpaired) electrons. The molecule has 1 aromatic carbocycles. The van der Waals surface area contributed by atoms with Crippen LogP contribution in [0, 0.1) is 5.92 Å². The number of nitrogens with one attached hydrogen (secondary N) is 5. The monoisotopic (exact) mass is 631 g/mol. The van der Waals surface area contributed by atoms with E-state index in [-0.39, 0.29) is 24.6 Å². The molecule has 1 saturated heterocycles. The van der Waals surface area contributed by atoms with E-state index in [9.17, 15) is 33.9 Å². The predicted molar refractivity (Wildman–Crippen MR) is 166 cm³/mol. The number of thiol groups is 1. The third kappa shape index (κ3) is 8.72. The zero-order valence-corrected chi connectivity index (χ0v) is 25.9. The summed E-state index contributed by atoms with van der Waals surface area (Å²) in [7, 11) is 0. The van der Waals surface area contributed by atoms with Crippen molar-refractivity contribution < 1.29 is 33.9 Å². The fourth-order valence-electron chi connectivity index (χ4n) is 5.05. The van der Waals surface area contributed by atoms with E-state index in [4.69, 9.17) is 5.73 Å². The fourth-order valence-corrected chi connectivity index (χ4v) is 5.21. The second-order valence-electron chi connectivity index (χ2n) is 11.2. The van der Waals surface area contributed by atoms with Gasteiger partial charge in [0, 0.05) is 35.8 Å². The molecule has 1 aromatic heterocycles. The molecule has 3 rings (SSSR count). The lowest BCUT2D eigenvalue weighted by molar-refractivity contribution is -0.142. The van der Waals surface area contributed by atoms with Crippen LogP contribution in [0.2, 0.25) is 0 Å². The molecule has 0 bridgehead atoms. The number of fused-ring (bicyclic) bond motifs is 1. The highest BCUT2D eigenvalue weighted by atomic mass is 32.1. The molecule has 5 amide bonds. The van der Waals surface area contributed by atoms with Crippen LogP contribution in [0.15, 0.2) is 30.5 Å². The number of hydrogen-bond acceptors (Lipinski definition) is 8. The highest BCUT2D eigenvalue weighted by molar-refractivity contribution is 7.80. The SMILES string of the molecule is CC(C)[C@H](NC(=O)[C@@H](N)CS)C(=O)N[C@@H](C)C(=O)N1CCC[C@H]1C(=O)NCC(=O)N[C@@H](Cc1c[nH]c2ccccc12)C(=O)O. The number of aliphatic carboxylic acids is 1. The quantitative estimate of drug-likeness (QED) is 0.124. The van der Waals surface area contributed by atoms with Gasteiger partial charge in [-0.2, -0.15) is 12.6 Å². The lowest BCUT2D eigenvalue weighted by atomic mass is 10.0. The number of carbonyl (C=O) groups excluding carboxylic acids is 5. The minimum absolute atomic E-state index is 0.0386. The van der Waals surface area contributed by atoms with Crippen LogP contribution in [0.25, 0.3) is 10.9 Å². The van der Waals surface area contributed by atoms with Crippen molar-refractivity contribution in [1.29, 1.82) is 0 Å². The number of amides is 5. The minimum Gasteiger partial charge on any atom is -0.480 e. The van der Waals surface area contributed by atoms with Crippen LogP contribution in [-0.4, -0.2) is 99.5 Å². The Morgan fingerprint density at radius 2 is 1.77 bits per heavy atom. The molecule has 0 unspecified atom stereocenters. The second kappa shape index (κ2) is 15.6. The number of aromatic nitrogens is 1. The Balaban J connectivity index is 1.54. The summed E-state index contributed by atoms with van der Waals surface area (Å²) in [6.45, 7) is 4.75. The first-order valence-corrected chi connectivity index (χ1v) is 15.1. The standard InChI is InChI=1S/C29H41N7O7S/c1-15(2)24(35-25(38)19(30)14-44)27(40)33-16(3)28(41)36-10-6-9-22(36)26(39)32-13-23(37)34-21(29(42)43)11-17-12-31-20-8-5-4-7-18(17)20/h4-5,7-8,12,15-16,19,21-22,24,31,44H,6,9-11,13-14,30H2,1-3H3,(H,32,39)(H,33,40)(H,34,37)(H,35,38)(H,42,43)/t16-,19-,21-,22-,24-/m0/s1. The van der Waals surface area contributed by atoms with Crippen LogP contribution < -0.4 is 27.0 Å². The summed E-state index contributed by atoms with van der Waals surface area (Å²) in [5.41, 5.74) is 7.26. The molecule has 240 valence electrons. The number of aromatic amines is 1. The Labute approximate surface area is 260 Å². The summed E-state index contributed by atoms with van der Waals surface area (Å²) >= 11 is 4.00. The number of carbonyl (C=O) groups is 6. The van der Waals surface area contributed by atoms with E-state index < -0.39 is 72.3 Å². The molecule has 15 heteroatoms. The number of carboxylic acid groups (broad SMARTS) is 1. The average Bonchev–Trinajstić information content (AvgIpc) is 3.64. The van der Waals surface area contributed by atoms with Gasteiger partial charge in [-0.1, -0.05) is 32.0 Å². The van der Waals surface area contributed by atoms with Crippen molar-refractivity contribution in [3.63, 3.8) is 0 Å². The number of H-pyrrole nitrogens is 1. The van der Waals surface area contributed by atoms with Crippen molar-refractivity contribution in [1.82, 2.24) is 31.2 Å². The molecular weight excluding hydrogens is 590 g/mol. The molecular formula is C29H41N7O7S. The molecule has 1 aliphatic heterocycles. The van der Waals surface area contributed by atoms with Gasteiger partial charge in [0.05, 0.1) is 12.6 Å². The Bertz CT molecular complexity index is 1380. The van der Waals surface area contributed by atoms with Crippen LogP contribution in [0.4, 0.5) is 0 Å². The first-order valence-electron chi connectivity index (χ1n) is 14.5. The van der Waals surface area contributed by atoms with E-state index in [1.165, 1.54) is 11.8 Å². The van der Waals surface area contributed by atoms with Gasteiger partial charge in [0.1, 0.15) is 24.2 Å². The van der Waals surface area contributed by atoms with E-state index in [0.717, 1.165) is 16.5 Å². The van der Waals surface area contributed by atoms with E-state index in [1.807, 2.05) is 24.3 Å². The predicted octanol–water partition coefficient (Wildman–Crippen LogP) is -0.710. The molecule has 8 N–H and O–H groups in total. The Morgan fingerprint density at radius 3 is 2.43 bits per heavy atom. The van der Waals surface area contributed by atoms with E-state index >= 15 is 0 Å². The van der Waals surface area contributed by atoms with E-state index in [1.54, 1.807) is 20.0 Å². The number of nitrogens with two attached hydrogens (primary N) is 1. The molecule has 44 heavy (non-hydrogen) atoms. The van der Waals surface area contributed by atoms with Gasteiger partial charge in [0.15, 0.2) is 0 Å². The Morgan fingerprint density at radius 1 is 1.07 bits per heavy atom. The minimum atomic E-state index is -1.22. The Hall–Kier alpha value is -4.11. The van der Waals surface area contributed by atoms with Crippen LogP contribution in [0.5, 0.6) is 0 Å². The van der Waals surface area contributed by atoms with Gasteiger partial charge in [-0.05, 0) is 37.3 Å². The van der Waals surface area contributed by atoms with Crippen LogP contribution in [0.3, 0.4) is 0 Å². The van der Waals surface area contributed by atoms with Gasteiger partial charge >= 0.3 is 5.97 Å². The molecule has 2 aromatic rings. The van der Waals surface area contributed by atoms with Gasteiger partial charge in [0.25, 0.3) is 0 Å². The summed E-state index contributed by atoms with van der Waals surface area (Å²) in [5, 5.41) is 20.7. The summed E-state index contributed by atoms with van der Waals surface area (Å²) in [6.07, 6.45) is 2.62. The maximum atomic E-state index is 13.2. The number of nitrogens with zero attached hydrogens (tertiary/aromatic N) is 1. The van der Waals surface area contributed by atoms with E-state index in [0.29, 0.717) is 12.8 Å². The lowest BCUT2D eigenvalue weighted by Gasteiger charge is -2.29. The zero-order valence-electron chi connectivity index (χ0n) is 25.0. The fraction of sp³-hybridized carbons (Fsp3) is 0.517. The molecule has 14 nitrogen and oxygen atoms in total. The van der Waals surface area contributed by atoms with Gasteiger partial charge in [-0.25, -0.2) is 4.79 Å². The van der Waals surface area contributed by atoms with Crippen molar-refractivity contribution in [3.05, 3.63) is 36.0 Å². The normalized spacial score (nSPS) is 17.4. The number of rotatable bonds is 14. The highest BCUT2D eigenvalue weighted by Crippen LogP contribution is 2.20. The number of para-hydroxylation sites is 1. The topological polar surface area (TPSA) is 216 Å². The molecule has 5 atom stereocenters. The largest absolute Gasteiger partial charge is 0.480 e. The number of carboxylic acids is 1. The zero-order chi connectivity index (χ0) is 32.6. The molecule has 0 spiro atoms. The van der Waals surface area contributed by atoms with Crippen molar-refractivity contribution in [2.45, 2.75) is 70.2 Å². The van der Waals surface area contributed by atoms with Gasteiger partial charge < -0.3 is 42.0 Å². The van der Waals surface area contributed by atoms with E-state index in [2.05, 4.69) is 38.9 Å². The van der Waals surface area contributed by atoms with Gasteiger partial charge in [0.2, 0.25) is 29.5 Å². The third-order valence-electron chi connectivity index (χ3n) is 7.50.